The maximum Gasteiger partial charge on any atom is 0.0480 e. The van der Waals surface area contributed by atoms with Gasteiger partial charge in [0.05, 0.1) is 0 Å². The first kappa shape index (κ1) is 11.8. The number of hydrogen-bond donors (Lipinski definition) is 2. The highest BCUT2D eigenvalue weighted by Crippen LogP contribution is 2.20. The second-order valence-electron chi connectivity index (χ2n) is 5.26. The van der Waals surface area contributed by atoms with E-state index in [1.54, 1.807) is 0 Å². The largest absolute Gasteiger partial charge is 0.350 e. The van der Waals surface area contributed by atoms with E-state index in [1.165, 1.54) is 29.6 Å². The van der Waals surface area contributed by atoms with Crippen LogP contribution in [-0.4, -0.2) is 30.7 Å². The maximum absolute atomic E-state index is 3.56. The van der Waals surface area contributed by atoms with Crippen molar-refractivity contribution in [2.24, 2.45) is 13.0 Å². The van der Waals surface area contributed by atoms with E-state index < -0.39 is 0 Å². The minimum Gasteiger partial charge on any atom is -0.350 e. The van der Waals surface area contributed by atoms with Crippen molar-refractivity contribution in [3.05, 3.63) is 36.0 Å². The number of para-hydroxylation sites is 1. The normalized spacial score (nSPS) is 16.1. The molecule has 0 radical (unpaired) electrons. The van der Waals surface area contributed by atoms with Gasteiger partial charge in [0.2, 0.25) is 0 Å². The number of hydrogen-bond acceptors (Lipinski definition) is 2. The Balaban J connectivity index is 1.60. The number of nitrogens with one attached hydrogen (secondary N) is 2. The first-order valence-corrected chi connectivity index (χ1v) is 6.79. The average molecular weight is 243 g/mol. The molecule has 18 heavy (non-hydrogen) atoms. The second kappa shape index (κ2) is 5.12. The van der Waals surface area contributed by atoms with Gasteiger partial charge in [-0.1, -0.05) is 18.2 Å². The third kappa shape index (κ3) is 2.28. The third-order valence-electron chi connectivity index (χ3n) is 3.85. The van der Waals surface area contributed by atoms with Crippen LogP contribution in [0.1, 0.15) is 5.56 Å². The number of rotatable bonds is 5. The van der Waals surface area contributed by atoms with Crippen molar-refractivity contribution in [3.8, 4) is 0 Å². The van der Waals surface area contributed by atoms with E-state index >= 15 is 0 Å². The predicted octanol–water partition coefficient (Wildman–Crippen LogP) is 1.53. The van der Waals surface area contributed by atoms with Crippen LogP contribution in [0.3, 0.4) is 0 Å². The molecule has 0 spiro atoms. The van der Waals surface area contributed by atoms with Gasteiger partial charge in [-0.3, -0.25) is 0 Å². The molecule has 1 aromatic carbocycles. The summed E-state index contributed by atoms with van der Waals surface area (Å²) in [5, 5.41) is 8.26. The van der Waals surface area contributed by atoms with Crippen molar-refractivity contribution in [1.82, 2.24) is 15.2 Å². The molecule has 1 fully saturated rings. The van der Waals surface area contributed by atoms with Crippen LogP contribution in [0.25, 0.3) is 10.9 Å². The molecule has 0 aliphatic carbocycles. The molecule has 3 rings (SSSR count). The zero-order valence-corrected chi connectivity index (χ0v) is 10.9. The topological polar surface area (TPSA) is 29.0 Å². The highest BCUT2D eigenvalue weighted by Gasteiger charge is 2.15. The summed E-state index contributed by atoms with van der Waals surface area (Å²) in [7, 11) is 2.12. The van der Waals surface area contributed by atoms with Gasteiger partial charge in [0, 0.05) is 43.8 Å². The molecule has 0 bridgehead atoms. The molecule has 0 amide bonds. The quantitative estimate of drug-likeness (QED) is 0.780. The molecule has 3 nitrogen and oxygen atoms in total. The minimum atomic E-state index is 0.845. The Bertz CT molecular complexity index is 526. The van der Waals surface area contributed by atoms with Crippen molar-refractivity contribution in [2.75, 3.05) is 26.2 Å². The molecule has 2 aromatic rings. The van der Waals surface area contributed by atoms with E-state index in [-0.39, 0.29) is 0 Å². The van der Waals surface area contributed by atoms with Crippen LogP contribution in [0.5, 0.6) is 0 Å². The van der Waals surface area contributed by atoms with Crippen LogP contribution in [0.4, 0.5) is 0 Å². The van der Waals surface area contributed by atoms with Gasteiger partial charge in [0.15, 0.2) is 0 Å². The number of benzene rings is 1. The summed E-state index contributed by atoms with van der Waals surface area (Å²) in [5.41, 5.74) is 2.78. The van der Waals surface area contributed by atoms with E-state index in [1.807, 2.05) is 0 Å². The van der Waals surface area contributed by atoms with Gasteiger partial charge in [0.25, 0.3) is 0 Å². The first-order valence-electron chi connectivity index (χ1n) is 6.79. The molecular weight excluding hydrogens is 222 g/mol. The Kier molecular flexibility index (Phi) is 3.35. The first-order chi connectivity index (χ1) is 8.84. The lowest BCUT2D eigenvalue weighted by molar-refractivity contribution is 0.333. The van der Waals surface area contributed by atoms with Crippen LogP contribution in [0.15, 0.2) is 30.5 Å². The van der Waals surface area contributed by atoms with E-state index in [9.17, 15) is 0 Å². The number of aromatic nitrogens is 1. The molecule has 2 heterocycles. The average Bonchev–Trinajstić information content (AvgIpc) is 2.65. The summed E-state index contributed by atoms with van der Waals surface area (Å²) in [6.07, 6.45) is 3.37. The molecule has 3 heteroatoms. The van der Waals surface area contributed by atoms with Gasteiger partial charge >= 0.3 is 0 Å². The van der Waals surface area contributed by atoms with Gasteiger partial charge in [-0.05, 0) is 30.5 Å². The Hall–Kier alpha value is -1.32. The highest BCUT2D eigenvalue weighted by atomic mass is 15.0. The van der Waals surface area contributed by atoms with Gasteiger partial charge in [-0.15, -0.1) is 0 Å². The Labute approximate surface area is 108 Å². The highest BCUT2D eigenvalue weighted by molar-refractivity contribution is 5.83. The SMILES string of the molecule is Cn1cc(CCNCC2CNC2)c2ccccc21. The lowest BCUT2D eigenvalue weighted by atomic mass is 10.0. The molecule has 1 aliphatic heterocycles. The lowest BCUT2D eigenvalue weighted by Crippen LogP contribution is -2.47. The minimum absolute atomic E-state index is 0.845. The van der Waals surface area contributed by atoms with E-state index in [0.717, 1.165) is 25.4 Å². The molecule has 2 N–H and O–H groups in total. The predicted molar refractivity (Wildman–Crippen MR) is 75.9 cm³/mol. The van der Waals surface area contributed by atoms with Crippen LogP contribution in [0.2, 0.25) is 0 Å². The Morgan fingerprint density at radius 3 is 2.94 bits per heavy atom. The summed E-state index contributed by atoms with van der Waals surface area (Å²) >= 11 is 0. The third-order valence-corrected chi connectivity index (χ3v) is 3.85. The van der Waals surface area contributed by atoms with Crippen LogP contribution in [0, 0.1) is 5.92 Å². The van der Waals surface area contributed by atoms with Crippen molar-refractivity contribution < 1.29 is 0 Å². The Morgan fingerprint density at radius 2 is 2.17 bits per heavy atom. The van der Waals surface area contributed by atoms with E-state index in [0.29, 0.717) is 0 Å². The smallest absolute Gasteiger partial charge is 0.0480 e. The van der Waals surface area contributed by atoms with Crippen molar-refractivity contribution in [1.29, 1.82) is 0 Å². The molecule has 0 atom stereocenters. The summed E-state index contributed by atoms with van der Waals surface area (Å²) in [5.74, 6) is 0.845. The molecule has 0 saturated carbocycles. The summed E-state index contributed by atoms with van der Waals surface area (Å²) in [6.45, 7) is 4.59. The van der Waals surface area contributed by atoms with Gasteiger partial charge in [0.1, 0.15) is 0 Å². The van der Waals surface area contributed by atoms with Gasteiger partial charge in [-0.2, -0.15) is 0 Å². The standard InChI is InChI=1S/C15H21N3/c1-18-11-13(14-4-2-3-5-15(14)18)6-7-16-8-12-9-17-10-12/h2-5,11-12,16-17H,6-10H2,1H3. The van der Waals surface area contributed by atoms with Crippen molar-refractivity contribution >= 4 is 10.9 Å². The van der Waals surface area contributed by atoms with Gasteiger partial charge in [-0.25, -0.2) is 0 Å². The van der Waals surface area contributed by atoms with Gasteiger partial charge < -0.3 is 15.2 Å². The van der Waals surface area contributed by atoms with Crippen LogP contribution in [-0.2, 0) is 13.5 Å². The van der Waals surface area contributed by atoms with E-state index in [4.69, 9.17) is 0 Å². The summed E-state index contributed by atoms with van der Waals surface area (Å²) in [4.78, 5) is 0. The molecule has 1 aliphatic rings. The lowest BCUT2D eigenvalue weighted by Gasteiger charge is -2.27. The molecule has 96 valence electrons. The fourth-order valence-corrected chi connectivity index (χ4v) is 2.65. The molecule has 1 aromatic heterocycles. The molecule has 1 saturated heterocycles. The maximum atomic E-state index is 3.56. The Morgan fingerprint density at radius 1 is 1.33 bits per heavy atom. The van der Waals surface area contributed by atoms with Crippen molar-refractivity contribution in [2.45, 2.75) is 6.42 Å². The number of nitrogens with zero attached hydrogens (tertiary/aromatic N) is 1. The van der Waals surface area contributed by atoms with Crippen LogP contribution < -0.4 is 10.6 Å². The number of aryl methyl sites for hydroxylation is 1. The van der Waals surface area contributed by atoms with Crippen LogP contribution >= 0.6 is 0 Å². The fourth-order valence-electron chi connectivity index (χ4n) is 2.65. The summed E-state index contributed by atoms with van der Waals surface area (Å²) in [6, 6.07) is 8.64. The van der Waals surface area contributed by atoms with E-state index in [2.05, 4.69) is 52.7 Å². The fraction of sp³-hybridized carbons (Fsp3) is 0.467. The number of fused-ring (bicyclic) bond motifs is 1. The summed E-state index contributed by atoms with van der Waals surface area (Å²) < 4.78 is 2.22. The molecular formula is C15H21N3. The zero-order valence-electron chi connectivity index (χ0n) is 10.9. The zero-order chi connectivity index (χ0) is 12.4. The monoisotopic (exact) mass is 243 g/mol. The second-order valence-corrected chi connectivity index (χ2v) is 5.26. The van der Waals surface area contributed by atoms with Crippen molar-refractivity contribution in [3.63, 3.8) is 0 Å². The molecule has 0 unspecified atom stereocenters.